The largest absolute Gasteiger partial charge is 0.473 e. The van der Waals surface area contributed by atoms with Crippen LogP contribution in [0.5, 0.6) is 5.88 Å². The van der Waals surface area contributed by atoms with Gasteiger partial charge in [0.05, 0.1) is 24.1 Å². The maximum Gasteiger partial charge on any atom is 0.337 e. The lowest BCUT2D eigenvalue weighted by atomic mass is 10.1. The minimum Gasteiger partial charge on any atom is -0.473 e. The first-order valence-corrected chi connectivity index (χ1v) is 9.29. The van der Waals surface area contributed by atoms with Gasteiger partial charge in [0, 0.05) is 11.5 Å². The summed E-state index contributed by atoms with van der Waals surface area (Å²) in [4.78, 5) is 16.3. The second kappa shape index (κ2) is 7.75. The van der Waals surface area contributed by atoms with Gasteiger partial charge in [-0.2, -0.15) is 10.1 Å². The number of aryl methyl sites for hydroxylation is 2. The lowest BCUT2D eigenvalue weighted by Crippen LogP contribution is -2.03. The minimum absolute atomic E-state index is 0.345. The monoisotopic (exact) mass is 387 g/mol. The van der Waals surface area contributed by atoms with Crippen molar-refractivity contribution in [1.82, 2.24) is 14.8 Å². The molecule has 0 radical (unpaired) electrons. The fraction of sp³-hybridized carbons (Fsp3) is 0.174. The minimum atomic E-state index is -0.357. The molecule has 6 nitrogen and oxygen atoms in total. The topological polar surface area (TPSA) is 66.2 Å². The zero-order chi connectivity index (χ0) is 20.4. The normalized spacial score (nSPS) is 10.9. The highest BCUT2D eigenvalue weighted by Crippen LogP contribution is 2.27. The van der Waals surface area contributed by atoms with Crippen molar-refractivity contribution in [2.24, 2.45) is 0 Å². The molecule has 4 aromatic rings. The quantitative estimate of drug-likeness (QED) is 0.475. The van der Waals surface area contributed by atoms with Gasteiger partial charge in [-0.25, -0.2) is 9.48 Å². The Balaban J connectivity index is 1.62. The van der Waals surface area contributed by atoms with Gasteiger partial charge >= 0.3 is 5.97 Å². The second-order valence-electron chi connectivity index (χ2n) is 6.79. The van der Waals surface area contributed by atoms with Crippen LogP contribution in [0.2, 0.25) is 0 Å². The number of ether oxygens (including phenoxy) is 2. The molecule has 2 heterocycles. The van der Waals surface area contributed by atoms with Crippen LogP contribution in [0.15, 0.2) is 60.7 Å². The molecule has 0 fully saturated rings. The van der Waals surface area contributed by atoms with Gasteiger partial charge in [-0.1, -0.05) is 30.3 Å². The number of esters is 1. The first-order chi connectivity index (χ1) is 14.1. The van der Waals surface area contributed by atoms with E-state index in [9.17, 15) is 4.79 Å². The molecule has 0 unspecified atom stereocenters. The molecular formula is C23H21N3O3. The van der Waals surface area contributed by atoms with Crippen molar-refractivity contribution in [3.8, 4) is 11.6 Å². The Hall–Kier alpha value is -3.67. The summed E-state index contributed by atoms with van der Waals surface area (Å²) in [6, 6.07) is 19.0. The summed E-state index contributed by atoms with van der Waals surface area (Å²) in [7, 11) is 1.37. The van der Waals surface area contributed by atoms with E-state index in [0.29, 0.717) is 18.1 Å². The molecule has 0 aliphatic rings. The molecule has 0 aliphatic heterocycles. The summed E-state index contributed by atoms with van der Waals surface area (Å²) in [6.07, 6.45) is 0. The van der Waals surface area contributed by atoms with Crippen LogP contribution >= 0.6 is 0 Å². The first kappa shape index (κ1) is 18.7. The zero-order valence-corrected chi connectivity index (χ0v) is 16.5. The predicted octanol–water partition coefficient (Wildman–Crippen LogP) is 4.40. The molecule has 0 N–H and O–H groups in total. The summed E-state index contributed by atoms with van der Waals surface area (Å²) < 4.78 is 12.5. The third-order valence-corrected chi connectivity index (χ3v) is 4.75. The standard InChI is InChI=1S/C23H21N3O3/c1-15-13-20(29-14-17-9-11-18(12-10-17)23(27)28-3)24-22-21(15)16(2)25-26(22)19-7-5-4-6-8-19/h4-13H,14H2,1-3H3. The van der Waals surface area contributed by atoms with Gasteiger partial charge in [0.25, 0.3) is 0 Å². The Labute approximate surface area is 168 Å². The van der Waals surface area contributed by atoms with Crippen molar-refractivity contribution in [3.05, 3.63) is 83.0 Å². The van der Waals surface area contributed by atoms with Gasteiger partial charge in [-0.15, -0.1) is 0 Å². The molecule has 6 heteroatoms. The summed E-state index contributed by atoms with van der Waals surface area (Å²) in [5, 5.41) is 5.70. The molecule has 2 aromatic carbocycles. The molecular weight excluding hydrogens is 366 g/mol. The van der Waals surface area contributed by atoms with E-state index >= 15 is 0 Å². The summed E-state index contributed by atoms with van der Waals surface area (Å²) in [6.45, 7) is 4.36. The number of pyridine rings is 1. The lowest BCUT2D eigenvalue weighted by molar-refractivity contribution is 0.0600. The maximum absolute atomic E-state index is 11.5. The van der Waals surface area contributed by atoms with E-state index in [2.05, 4.69) is 5.10 Å². The molecule has 146 valence electrons. The number of para-hydroxylation sites is 1. The SMILES string of the molecule is COC(=O)c1ccc(COc2cc(C)c3c(C)nn(-c4ccccc4)c3n2)cc1. The van der Waals surface area contributed by atoms with Gasteiger partial charge in [0.2, 0.25) is 5.88 Å². The van der Waals surface area contributed by atoms with Crippen LogP contribution in [-0.4, -0.2) is 27.8 Å². The Morgan fingerprint density at radius 2 is 1.76 bits per heavy atom. The van der Waals surface area contributed by atoms with Gasteiger partial charge in [-0.05, 0) is 49.2 Å². The number of nitrogens with zero attached hydrogens (tertiary/aromatic N) is 3. The number of hydrogen-bond donors (Lipinski definition) is 0. The van der Waals surface area contributed by atoms with Gasteiger partial charge < -0.3 is 9.47 Å². The van der Waals surface area contributed by atoms with Crippen molar-refractivity contribution >= 4 is 17.0 Å². The third kappa shape index (κ3) is 3.69. The smallest absolute Gasteiger partial charge is 0.337 e. The number of carbonyl (C=O) groups is 1. The van der Waals surface area contributed by atoms with E-state index in [0.717, 1.165) is 33.5 Å². The van der Waals surface area contributed by atoms with Crippen LogP contribution in [-0.2, 0) is 11.3 Å². The summed E-state index contributed by atoms with van der Waals surface area (Å²) >= 11 is 0. The number of hydrogen-bond acceptors (Lipinski definition) is 5. The van der Waals surface area contributed by atoms with Crippen molar-refractivity contribution in [3.63, 3.8) is 0 Å². The third-order valence-electron chi connectivity index (χ3n) is 4.75. The maximum atomic E-state index is 11.5. The van der Waals surface area contributed by atoms with Crippen LogP contribution < -0.4 is 4.74 Å². The number of fused-ring (bicyclic) bond motifs is 1. The fourth-order valence-corrected chi connectivity index (χ4v) is 3.31. The van der Waals surface area contributed by atoms with E-state index in [1.807, 2.05) is 67.1 Å². The number of benzene rings is 2. The molecule has 0 bridgehead atoms. The first-order valence-electron chi connectivity index (χ1n) is 9.29. The van der Waals surface area contributed by atoms with E-state index in [1.54, 1.807) is 12.1 Å². The number of rotatable bonds is 5. The number of methoxy groups -OCH3 is 1. The Morgan fingerprint density at radius 3 is 2.45 bits per heavy atom. The molecule has 0 amide bonds. The summed E-state index contributed by atoms with van der Waals surface area (Å²) in [5.74, 6) is 0.175. The van der Waals surface area contributed by atoms with Crippen molar-refractivity contribution in [1.29, 1.82) is 0 Å². The highest BCUT2D eigenvalue weighted by molar-refractivity contribution is 5.89. The molecule has 0 saturated heterocycles. The van der Waals surface area contributed by atoms with Crippen LogP contribution in [0.3, 0.4) is 0 Å². The molecule has 2 aromatic heterocycles. The van der Waals surface area contributed by atoms with Crippen molar-refractivity contribution in [2.45, 2.75) is 20.5 Å². The van der Waals surface area contributed by atoms with E-state index in [1.165, 1.54) is 7.11 Å². The van der Waals surface area contributed by atoms with Gasteiger partial charge in [0.1, 0.15) is 6.61 Å². The Bertz CT molecular complexity index is 1170. The van der Waals surface area contributed by atoms with Crippen LogP contribution in [0.25, 0.3) is 16.7 Å². The van der Waals surface area contributed by atoms with Gasteiger partial charge in [-0.3, -0.25) is 0 Å². The van der Waals surface area contributed by atoms with Gasteiger partial charge in [0.15, 0.2) is 5.65 Å². The number of aromatic nitrogens is 3. The number of carbonyl (C=O) groups excluding carboxylic acids is 1. The Kier molecular flexibility index (Phi) is 4.99. The molecule has 0 spiro atoms. The van der Waals surface area contributed by atoms with E-state index in [-0.39, 0.29) is 5.97 Å². The second-order valence-corrected chi connectivity index (χ2v) is 6.79. The van der Waals surface area contributed by atoms with Crippen molar-refractivity contribution < 1.29 is 14.3 Å². The molecule has 4 rings (SSSR count). The van der Waals surface area contributed by atoms with E-state index in [4.69, 9.17) is 14.5 Å². The summed E-state index contributed by atoms with van der Waals surface area (Å²) in [5.41, 5.74) is 5.15. The highest BCUT2D eigenvalue weighted by Gasteiger charge is 2.15. The average molecular weight is 387 g/mol. The molecule has 0 atom stereocenters. The lowest BCUT2D eigenvalue weighted by Gasteiger charge is -2.09. The average Bonchev–Trinajstić information content (AvgIpc) is 3.09. The van der Waals surface area contributed by atoms with E-state index < -0.39 is 0 Å². The van der Waals surface area contributed by atoms with Crippen LogP contribution in [0.1, 0.15) is 27.2 Å². The molecule has 0 saturated carbocycles. The van der Waals surface area contributed by atoms with Crippen LogP contribution in [0.4, 0.5) is 0 Å². The highest BCUT2D eigenvalue weighted by atomic mass is 16.5. The fourth-order valence-electron chi connectivity index (χ4n) is 3.31. The van der Waals surface area contributed by atoms with Crippen LogP contribution in [0, 0.1) is 13.8 Å². The predicted molar refractivity (Wildman–Crippen MR) is 110 cm³/mol. The molecule has 0 aliphatic carbocycles. The zero-order valence-electron chi connectivity index (χ0n) is 16.5. The molecule has 29 heavy (non-hydrogen) atoms. The van der Waals surface area contributed by atoms with Crippen molar-refractivity contribution in [2.75, 3.05) is 7.11 Å². The Morgan fingerprint density at radius 1 is 1.03 bits per heavy atom.